The summed E-state index contributed by atoms with van der Waals surface area (Å²) in [6.07, 6.45) is 3.18. The van der Waals surface area contributed by atoms with E-state index in [2.05, 4.69) is 11.1 Å². The van der Waals surface area contributed by atoms with Gasteiger partial charge in [0.2, 0.25) is 0 Å². The molecule has 0 unspecified atom stereocenters. The summed E-state index contributed by atoms with van der Waals surface area (Å²) in [7, 11) is 0. The molecule has 0 radical (unpaired) electrons. The van der Waals surface area contributed by atoms with Gasteiger partial charge in [-0.25, -0.2) is 0 Å². The van der Waals surface area contributed by atoms with Crippen LogP contribution in [0.2, 0.25) is 5.02 Å². The second-order valence-corrected chi connectivity index (χ2v) is 5.42. The number of nitro groups is 1. The number of hydrogen-bond acceptors (Lipinski definition) is 5. The number of non-ortho nitro benzene ring substituents is 1. The smallest absolute Gasteiger partial charge is 0.270 e. The zero-order valence-electron chi connectivity index (χ0n) is 12.7. The van der Waals surface area contributed by atoms with E-state index in [4.69, 9.17) is 16.0 Å². The van der Waals surface area contributed by atoms with Crippen LogP contribution in [0.3, 0.4) is 0 Å². The fraction of sp³-hybridized carbons (Fsp3) is 0. The molecule has 0 bridgehead atoms. The summed E-state index contributed by atoms with van der Waals surface area (Å²) in [5.74, 6) is 0.899. The Bertz CT molecular complexity index is 1000. The lowest BCUT2D eigenvalue weighted by Gasteiger charge is -2.00. The molecule has 2 aromatic heterocycles. The number of halogens is 1. The molecule has 0 atom stereocenters. The molecule has 0 aliphatic rings. The lowest BCUT2D eigenvalue weighted by Crippen LogP contribution is -1.88. The predicted molar refractivity (Wildman–Crippen MR) is 93.5 cm³/mol. The predicted octanol–water partition coefficient (Wildman–Crippen LogP) is 4.97. The molecule has 0 fully saturated rings. The zero-order chi connectivity index (χ0) is 17.8. The Morgan fingerprint density at radius 1 is 1.28 bits per heavy atom. The van der Waals surface area contributed by atoms with Crippen LogP contribution >= 0.6 is 11.6 Å². The maximum absolute atomic E-state index is 10.8. The van der Waals surface area contributed by atoms with Crippen LogP contribution in [0.4, 0.5) is 5.69 Å². The van der Waals surface area contributed by atoms with Crippen molar-refractivity contribution in [2.75, 3.05) is 0 Å². The summed E-state index contributed by atoms with van der Waals surface area (Å²) in [6, 6.07) is 14.9. The van der Waals surface area contributed by atoms with Crippen molar-refractivity contribution >= 4 is 28.9 Å². The van der Waals surface area contributed by atoms with Crippen LogP contribution in [0, 0.1) is 21.4 Å². The second kappa shape index (κ2) is 6.99. The van der Waals surface area contributed by atoms with Gasteiger partial charge in [-0.3, -0.25) is 15.1 Å². The quantitative estimate of drug-likeness (QED) is 0.376. The molecule has 25 heavy (non-hydrogen) atoms. The van der Waals surface area contributed by atoms with Gasteiger partial charge in [0.05, 0.1) is 21.2 Å². The molecule has 0 saturated carbocycles. The molecule has 0 aliphatic heterocycles. The SMILES string of the molecule is N#C/C(=C\c1ccc(-c2ccc([N+](=O)[O-])cc2Cl)o1)c1ccccn1. The van der Waals surface area contributed by atoms with E-state index in [9.17, 15) is 15.4 Å². The fourth-order valence-corrected chi connectivity index (χ4v) is 2.49. The topological polar surface area (TPSA) is 93.0 Å². The van der Waals surface area contributed by atoms with Gasteiger partial charge in [-0.2, -0.15) is 5.26 Å². The lowest BCUT2D eigenvalue weighted by atomic mass is 10.1. The highest BCUT2D eigenvalue weighted by Gasteiger charge is 2.13. The molecule has 3 rings (SSSR count). The van der Waals surface area contributed by atoms with Crippen LogP contribution in [-0.4, -0.2) is 9.91 Å². The number of nitriles is 1. The molecular weight excluding hydrogens is 342 g/mol. The van der Waals surface area contributed by atoms with Crippen LogP contribution in [0.1, 0.15) is 11.5 Å². The molecule has 0 amide bonds. The van der Waals surface area contributed by atoms with Crippen molar-refractivity contribution in [2.45, 2.75) is 0 Å². The fourth-order valence-electron chi connectivity index (χ4n) is 2.22. The molecular formula is C18H10ClN3O3. The highest BCUT2D eigenvalue weighted by molar-refractivity contribution is 6.33. The van der Waals surface area contributed by atoms with Gasteiger partial charge in [0.15, 0.2) is 0 Å². The van der Waals surface area contributed by atoms with Gasteiger partial charge in [-0.15, -0.1) is 0 Å². The first-order valence-electron chi connectivity index (χ1n) is 7.16. The number of benzene rings is 1. The molecule has 0 spiro atoms. The van der Waals surface area contributed by atoms with Gasteiger partial charge in [0.25, 0.3) is 5.69 Å². The molecule has 0 saturated heterocycles. The van der Waals surface area contributed by atoms with Crippen molar-refractivity contribution < 1.29 is 9.34 Å². The van der Waals surface area contributed by atoms with Crippen molar-refractivity contribution in [1.29, 1.82) is 5.26 Å². The molecule has 6 nitrogen and oxygen atoms in total. The van der Waals surface area contributed by atoms with Gasteiger partial charge in [-0.05, 0) is 30.3 Å². The summed E-state index contributed by atoms with van der Waals surface area (Å²) < 4.78 is 5.70. The van der Waals surface area contributed by atoms with Crippen LogP contribution < -0.4 is 0 Å². The van der Waals surface area contributed by atoms with E-state index in [-0.39, 0.29) is 10.7 Å². The van der Waals surface area contributed by atoms with E-state index in [1.165, 1.54) is 18.2 Å². The monoisotopic (exact) mass is 351 g/mol. The maximum Gasteiger partial charge on any atom is 0.270 e. The largest absolute Gasteiger partial charge is 0.457 e. The lowest BCUT2D eigenvalue weighted by molar-refractivity contribution is -0.384. The Morgan fingerprint density at radius 3 is 2.76 bits per heavy atom. The van der Waals surface area contributed by atoms with Gasteiger partial charge in [0.1, 0.15) is 17.6 Å². The van der Waals surface area contributed by atoms with E-state index in [1.54, 1.807) is 42.6 Å². The number of pyridine rings is 1. The number of furan rings is 1. The highest BCUT2D eigenvalue weighted by Crippen LogP contribution is 2.33. The number of hydrogen-bond donors (Lipinski definition) is 0. The van der Waals surface area contributed by atoms with Crippen molar-refractivity contribution in [1.82, 2.24) is 4.98 Å². The van der Waals surface area contributed by atoms with Crippen molar-refractivity contribution in [3.8, 4) is 17.4 Å². The van der Waals surface area contributed by atoms with Gasteiger partial charge in [-0.1, -0.05) is 17.7 Å². The van der Waals surface area contributed by atoms with E-state index in [1.807, 2.05) is 0 Å². The molecule has 0 N–H and O–H groups in total. The van der Waals surface area contributed by atoms with E-state index in [0.717, 1.165) is 0 Å². The molecule has 0 aliphatic carbocycles. The number of aromatic nitrogens is 1. The van der Waals surface area contributed by atoms with Crippen LogP contribution in [0.5, 0.6) is 0 Å². The first-order valence-corrected chi connectivity index (χ1v) is 7.53. The Kier molecular flexibility index (Phi) is 4.59. The van der Waals surface area contributed by atoms with E-state index in [0.29, 0.717) is 28.4 Å². The first-order chi connectivity index (χ1) is 12.1. The third-order valence-corrected chi connectivity index (χ3v) is 3.72. The van der Waals surface area contributed by atoms with Crippen molar-refractivity contribution in [3.05, 3.63) is 81.3 Å². The minimum atomic E-state index is -0.516. The van der Waals surface area contributed by atoms with Gasteiger partial charge in [0, 0.05) is 30.0 Å². The zero-order valence-corrected chi connectivity index (χ0v) is 13.5. The Morgan fingerprint density at radius 2 is 2.12 bits per heavy atom. The average molecular weight is 352 g/mol. The van der Waals surface area contributed by atoms with Gasteiger partial charge < -0.3 is 4.42 Å². The average Bonchev–Trinajstić information content (AvgIpc) is 3.08. The number of allylic oxidation sites excluding steroid dienone is 1. The minimum absolute atomic E-state index is 0.0951. The first kappa shape index (κ1) is 16.4. The molecule has 122 valence electrons. The van der Waals surface area contributed by atoms with E-state index < -0.39 is 4.92 Å². The second-order valence-electron chi connectivity index (χ2n) is 5.01. The Labute approximate surface area is 147 Å². The number of nitro benzene ring substituents is 1. The molecule has 2 heterocycles. The van der Waals surface area contributed by atoms with Crippen LogP contribution in [0.25, 0.3) is 23.0 Å². The maximum atomic E-state index is 10.8. The number of nitrogens with zero attached hydrogens (tertiary/aromatic N) is 3. The van der Waals surface area contributed by atoms with E-state index >= 15 is 0 Å². The summed E-state index contributed by atoms with van der Waals surface area (Å²) in [5.41, 5.74) is 1.33. The standard InChI is InChI=1S/C18H10ClN3O3/c19-16-10-13(22(23)24)4-6-15(16)18-7-5-14(25-18)9-12(11-20)17-3-1-2-8-21-17/h1-10H/b12-9+. The third-order valence-electron chi connectivity index (χ3n) is 3.40. The van der Waals surface area contributed by atoms with Crippen LogP contribution in [-0.2, 0) is 0 Å². The Balaban J connectivity index is 1.94. The molecule has 3 aromatic rings. The summed E-state index contributed by atoms with van der Waals surface area (Å²) in [5, 5.41) is 20.3. The van der Waals surface area contributed by atoms with Gasteiger partial charge >= 0.3 is 0 Å². The summed E-state index contributed by atoms with van der Waals surface area (Å²) >= 11 is 6.10. The highest BCUT2D eigenvalue weighted by atomic mass is 35.5. The molecule has 1 aromatic carbocycles. The van der Waals surface area contributed by atoms with Crippen molar-refractivity contribution in [2.24, 2.45) is 0 Å². The van der Waals surface area contributed by atoms with Crippen molar-refractivity contribution in [3.63, 3.8) is 0 Å². The summed E-state index contributed by atoms with van der Waals surface area (Å²) in [6.45, 7) is 0. The minimum Gasteiger partial charge on any atom is -0.457 e. The number of rotatable bonds is 4. The van der Waals surface area contributed by atoms with Crippen LogP contribution in [0.15, 0.2) is 59.1 Å². The third kappa shape index (κ3) is 3.57. The molecule has 7 heteroatoms. The normalized spacial score (nSPS) is 11.1. The summed E-state index contributed by atoms with van der Waals surface area (Å²) in [4.78, 5) is 14.4. The Hall–Kier alpha value is -3.43.